The van der Waals surface area contributed by atoms with Crippen LogP contribution < -0.4 is 0 Å². The van der Waals surface area contributed by atoms with Gasteiger partial charge in [0.2, 0.25) is 11.6 Å². The number of hydrogen-bond acceptors (Lipinski definition) is 2. The van der Waals surface area contributed by atoms with Crippen molar-refractivity contribution < 1.29 is 9.59 Å². The lowest BCUT2D eigenvalue weighted by Crippen LogP contribution is -2.25. The summed E-state index contributed by atoms with van der Waals surface area (Å²) in [6.07, 6.45) is 0.747. The second-order valence-electron chi connectivity index (χ2n) is 3.19. The molecule has 0 aliphatic rings. The molecule has 0 fully saturated rings. The van der Waals surface area contributed by atoms with Gasteiger partial charge >= 0.3 is 0 Å². The van der Waals surface area contributed by atoms with Crippen LogP contribution in [0.4, 0.5) is 0 Å². The van der Waals surface area contributed by atoms with E-state index in [2.05, 4.69) is 0 Å². The predicted octanol–water partition coefficient (Wildman–Crippen LogP) is 1.83. The molecule has 2 nitrogen and oxygen atoms in total. The smallest absolute Gasteiger partial charge is 0.201 e. The second kappa shape index (κ2) is 4.27. The Bertz CT molecular complexity index is 159. The van der Waals surface area contributed by atoms with Crippen molar-refractivity contribution in [3.8, 4) is 0 Å². The molecule has 0 aliphatic heterocycles. The molecule has 11 heavy (non-hydrogen) atoms. The van der Waals surface area contributed by atoms with E-state index in [1.54, 1.807) is 20.8 Å². The highest BCUT2D eigenvalue weighted by Crippen LogP contribution is 2.06. The second-order valence-corrected chi connectivity index (χ2v) is 3.19. The Labute approximate surface area is 68.0 Å². The molecule has 0 aliphatic carbocycles. The third-order valence-electron chi connectivity index (χ3n) is 1.83. The van der Waals surface area contributed by atoms with E-state index < -0.39 is 0 Å². The fourth-order valence-electron chi connectivity index (χ4n) is 0.713. The van der Waals surface area contributed by atoms with Crippen LogP contribution in [0, 0.1) is 11.8 Å². The highest BCUT2D eigenvalue weighted by Gasteiger charge is 2.21. The maximum atomic E-state index is 11.2. The van der Waals surface area contributed by atoms with E-state index in [1.165, 1.54) is 0 Å². The van der Waals surface area contributed by atoms with Crippen molar-refractivity contribution in [1.82, 2.24) is 0 Å². The summed E-state index contributed by atoms with van der Waals surface area (Å²) in [7, 11) is 0. The number of carbonyl (C=O) groups is 2. The van der Waals surface area contributed by atoms with Gasteiger partial charge in [0.1, 0.15) is 0 Å². The first-order valence-electron chi connectivity index (χ1n) is 4.08. The lowest BCUT2D eigenvalue weighted by molar-refractivity contribution is -0.140. The molecule has 0 amide bonds. The third-order valence-corrected chi connectivity index (χ3v) is 1.83. The molecule has 2 heteroatoms. The summed E-state index contributed by atoms with van der Waals surface area (Å²) in [5.41, 5.74) is 0. The highest BCUT2D eigenvalue weighted by molar-refractivity contribution is 6.38. The minimum Gasteiger partial charge on any atom is -0.291 e. The molecule has 0 saturated heterocycles. The van der Waals surface area contributed by atoms with Crippen molar-refractivity contribution in [3.05, 3.63) is 0 Å². The van der Waals surface area contributed by atoms with Gasteiger partial charge in [-0.05, 0) is 6.42 Å². The van der Waals surface area contributed by atoms with E-state index in [4.69, 9.17) is 0 Å². The highest BCUT2D eigenvalue weighted by atomic mass is 16.2. The van der Waals surface area contributed by atoms with E-state index >= 15 is 0 Å². The molecule has 0 rings (SSSR count). The average molecular weight is 156 g/mol. The van der Waals surface area contributed by atoms with Crippen LogP contribution in [-0.2, 0) is 9.59 Å². The minimum atomic E-state index is -0.237. The summed E-state index contributed by atoms with van der Waals surface area (Å²) < 4.78 is 0. The van der Waals surface area contributed by atoms with Crippen molar-refractivity contribution in [2.24, 2.45) is 11.8 Å². The fourth-order valence-corrected chi connectivity index (χ4v) is 0.713. The summed E-state index contributed by atoms with van der Waals surface area (Å²) in [6.45, 7) is 7.21. The average Bonchev–Trinajstić information content (AvgIpc) is 2.00. The normalized spacial score (nSPS) is 13.2. The molecule has 64 valence electrons. The molecular weight excluding hydrogens is 140 g/mol. The zero-order valence-electron chi connectivity index (χ0n) is 7.68. The molecule has 0 aromatic heterocycles. The quantitative estimate of drug-likeness (QED) is 0.582. The van der Waals surface area contributed by atoms with Crippen molar-refractivity contribution in [3.63, 3.8) is 0 Å². The monoisotopic (exact) mass is 156 g/mol. The lowest BCUT2D eigenvalue weighted by atomic mass is 9.95. The first kappa shape index (κ1) is 10.3. The van der Waals surface area contributed by atoms with Gasteiger partial charge in [0.25, 0.3) is 0 Å². The summed E-state index contributed by atoms with van der Waals surface area (Å²) in [5.74, 6) is -0.719. The van der Waals surface area contributed by atoms with Crippen molar-refractivity contribution in [2.45, 2.75) is 34.1 Å². The molecule has 0 aromatic rings. The zero-order valence-corrected chi connectivity index (χ0v) is 7.68. The number of Topliss-reactive ketones (excluding diaryl/α,β-unsaturated/α-hetero) is 2. The molecule has 1 atom stereocenters. The van der Waals surface area contributed by atoms with E-state index in [-0.39, 0.29) is 23.4 Å². The summed E-state index contributed by atoms with van der Waals surface area (Å²) in [4.78, 5) is 22.3. The van der Waals surface area contributed by atoms with Crippen molar-refractivity contribution in [2.75, 3.05) is 0 Å². The number of carbonyl (C=O) groups excluding carboxylic acids is 2. The molecule has 0 saturated carbocycles. The molecule has 1 unspecified atom stereocenters. The molecule has 0 aromatic carbocycles. The van der Waals surface area contributed by atoms with Gasteiger partial charge < -0.3 is 0 Å². The third kappa shape index (κ3) is 2.83. The fraction of sp³-hybridized carbons (Fsp3) is 0.778. The summed E-state index contributed by atoms with van der Waals surface area (Å²) in [6, 6.07) is 0. The minimum absolute atomic E-state index is 0.107. The molecule has 0 radical (unpaired) electrons. The Kier molecular flexibility index (Phi) is 4.01. The molecule has 0 N–H and O–H groups in total. The van der Waals surface area contributed by atoms with Gasteiger partial charge in [0.15, 0.2) is 0 Å². The van der Waals surface area contributed by atoms with E-state index in [0.29, 0.717) is 0 Å². The Morgan fingerprint density at radius 1 is 1.09 bits per heavy atom. The van der Waals surface area contributed by atoms with Gasteiger partial charge in [-0.15, -0.1) is 0 Å². The van der Waals surface area contributed by atoms with Crippen LogP contribution in [0.15, 0.2) is 0 Å². The Morgan fingerprint density at radius 2 is 1.55 bits per heavy atom. The van der Waals surface area contributed by atoms with Gasteiger partial charge in [-0.3, -0.25) is 9.59 Å². The van der Waals surface area contributed by atoms with Crippen LogP contribution in [0.25, 0.3) is 0 Å². The zero-order chi connectivity index (χ0) is 9.02. The predicted molar refractivity (Wildman–Crippen MR) is 44.3 cm³/mol. The van der Waals surface area contributed by atoms with Gasteiger partial charge in [0.05, 0.1) is 0 Å². The molecule has 0 spiro atoms. The molecular formula is C9H16O2. The van der Waals surface area contributed by atoms with Gasteiger partial charge in [-0.1, -0.05) is 27.7 Å². The topological polar surface area (TPSA) is 34.1 Å². The van der Waals surface area contributed by atoms with Crippen LogP contribution in [0.2, 0.25) is 0 Å². The van der Waals surface area contributed by atoms with Crippen LogP contribution in [-0.4, -0.2) is 11.6 Å². The van der Waals surface area contributed by atoms with Gasteiger partial charge in [-0.25, -0.2) is 0 Å². The van der Waals surface area contributed by atoms with Crippen LogP contribution in [0.5, 0.6) is 0 Å². The Hall–Kier alpha value is -0.660. The van der Waals surface area contributed by atoms with Gasteiger partial charge in [-0.2, -0.15) is 0 Å². The Balaban J connectivity index is 4.14. The standard InChI is InChI=1S/C9H16O2/c1-5-7(4)9(11)8(10)6(2)3/h6-7H,5H2,1-4H3. The number of ketones is 2. The van der Waals surface area contributed by atoms with Crippen LogP contribution in [0.1, 0.15) is 34.1 Å². The van der Waals surface area contributed by atoms with Gasteiger partial charge in [0, 0.05) is 11.8 Å². The van der Waals surface area contributed by atoms with E-state index in [9.17, 15) is 9.59 Å². The number of hydrogen-bond donors (Lipinski definition) is 0. The SMILES string of the molecule is CCC(C)C(=O)C(=O)C(C)C. The largest absolute Gasteiger partial charge is 0.291 e. The van der Waals surface area contributed by atoms with E-state index in [1.807, 2.05) is 6.92 Å². The number of rotatable bonds is 4. The van der Waals surface area contributed by atoms with Crippen LogP contribution >= 0.6 is 0 Å². The molecule has 0 heterocycles. The van der Waals surface area contributed by atoms with Crippen molar-refractivity contribution in [1.29, 1.82) is 0 Å². The van der Waals surface area contributed by atoms with E-state index in [0.717, 1.165) is 6.42 Å². The molecule has 0 bridgehead atoms. The summed E-state index contributed by atoms with van der Waals surface area (Å²) in [5, 5.41) is 0. The first-order chi connectivity index (χ1) is 5.00. The first-order valence-corrected chi connectivity index (χ1v) is 4.08. The lowest BCUT2D eigenvalue weighted by Gasteiger charge is -2.07. The maximum absolute atomic E-state index is 11.2. The Morgan fingerprint density at radius 3 is 1.82 bits per heavy atom. The van der Waals surface area contributed by atoms with Crippen molar-refractivity contribution >= 4 is 11.6 Å². The summed E-state index contributed by atoms with van der Waals surface area (Å²) >= 11 is 0. The van der Waals surface area contributed by atoms with Crippen LogP contribution in [0.3, 0.4) is 0 Å². The maximum Gasteiger partial charge on any atom is 0.201 e.